The van der Waals surface area contributed by atoms with E-state index in [4.69, 9.17) is 4.74 Å². The molecule has 0 aliphatic carbocycles. The van der Waals surface area contributed by atoms with Gasteiger partial charge in [0.15, 0.2) is 0 Å². The van der Waals surface area contributed by atoms with Gasteiger partial charge in [0, 0.05) is 32.2 Å². The molecule has 1 fully saturated rings. The summed E-state index contributed by atoms with van der Waals surface area (Å²) >= 11 is 0. The van der Waals surface area contributed by atoms with E-state index in [1.807, 2.05) is 25.7 Å². The van der Waals surface area contributed by atoms with Crippen molar-refractivity contribution in [1.82, 2.24) is 15.1 Å². The van der Waals surface area contributed by atoms with Crippen molar-refractivity contribution in [3.63, 3.8) is 0 Å². The lowest BCUT2D eigenvalue weighted by Gasteiger charge is -2.35. The Bertz CT molecular complexity index is 345. The molecular weight excluding hydrogens is 290 g/mol. The van der Waals surface area contributed by atoms with E-state index in [1.165, 1.54) is 6.42 Å². The van der Waals surface area contributed by atoms with Crippen LogP contribution in [0.3, 0.4) is 0 Å². The Labute approximate surface area is 142 Å². The van der Waals surface area contributed by atoms with Crippen LogP contribution in [0.25, 0.3) is 0 Å². The molecule has 0 aromatic heterocycles. The zero-order valence-electron chi connectivity index (χ0n) is 16.0. The lowest BCUT2D eigenvalue weighted by molar-refractivity contribution is 0.0144. The van der Waals surface area contributed by atoms with E-state index in [0.717, 1.165) is 45.7 Å². The Hall–Kier alpha value is -0.810. The van der Waals surface area contributed by atoms with Gasteiger partial charge in [-0.05, 0) is 52.6 Å². The first-order chi connectivity index (χ1) is 10.7. The van der Waals surface area contributed by atoms with E-state index in [1.54, 1.807) is 0 Å². The first-order valence-electron chi connectivity index (χ1n) is 9.16. The fraction of sp³-hybridized carbons (Fsp3) is 0.944. The number of ether oxygens (including phenoxy) is 1. The molecule has 23 heavy (non-hydrogen) atoms. The molecule has 0 radical (unpaired) electrons. The molecule has 1 N–H and O–H groups in total. The second-order valence-corrected chi connectivity index (χ2v) is 7.88. The van der Waals surface area contributed by atoms with Gasteiger partial charge in [-0.3, -0.25) is 4.90 Å². The third kappa shape index (κ3) is 8.02. The Balaban J connectivity index is 2.18. The minimum absolute atomic E-state index is 0.179. The van der Waals surface area contributed by atoms with Gasteiger partial charge in [0.1, 0.15) is 5.60 Å². The highest BCUT2D eigenvalue weighted by atomic mass is 16.6. The second-order valence-electron chi connectivity index (χ2n) is 7.88. The van der Waals surface area contributed by atoms with Crippen molar-refractivity contribution in [2.75, 3.05) is 39.3 Å². The van der Waals surface area contributed by atoms with E-state index in [0.29, 0.717) is 12.0 Å². The van der Waals surface area contributed by atoms with Gasteiger partial charge in [0.2, 0.25) is 0 Å². The van der Waals surface area contributed by atoms with Crippen LogP contribution in [0.4, 0.5) is 4.79 Å². The molecule has 1 aliphatic rings. The van der Waals surface area contributed by atoms with Crippen molar-refractivity contribution in [3.05, 3.63) is 0 Å². The van der Waals surface area contributed by atoms with Crippen LogP contribution in [0.1, 0.15) is 54.4 Å². The van der Waals surface area contributed by atoms with Crippen LogP contribution in [-0.2, 0) is 4.74 Å². The van der Waals surface area contributed by atoms with Crippen molar-refractivity contribution in [2.45, 2.75) is 66.0 Å². The number of rotatable bonds is 7. The summed E-state index contributed by atoms with van der Waals surface area (Å²) in [6.45, 7) is 18.1. The van der Waals surface area contributed by atoms with Gasteiger partial charge >= 0.3 is 6.09 Å². The third-order valence-electron chi connectivity index (χ3n) is 4.33. The second kappa shape index (κ2) is 9.48. The number of hydrogen-bond donors (Lipinski definition) is 1. The molecule has 1 heterocycles. The molecule has 5 nitrogen and oxygen atoms in total. The predicted molar refractivity (Wildman–Crippen MR) is 95.8 cm³/mol. The monoisotopic (exact) mass is 327 g/mol. The summed E-state index contributed by atoms with van der Waals surface area (Å²) in [4.78, 5) is 16.3. The topological polar surface area (TPSA) is 44.8 Å². The van der Waals surface area contributed by atoms with Crippen molar-refractivity contribution < 1.29 is 9.53 Å². The number of amides is 1. The minimum atomic E-state index is -0.411. The van der Waals surface area contributed by atoms with E-state index >= 15 is 0 Å². The van der Waals surface area contributed by atoms with Gasteiger partial charge in [0.05, 0.1) is 0 Å². The summed E-state index contributed by atoms with van der Waals surface area (Å²) < 4.78 is 5.43. The summed E-state index contributed by atoms with van der Waals surface area (Å²) in [7, 11) is 0. The minimum Gasteiger partial charge on any atom is -0.444 e. The van der Waals surface area contributed by atoms with Crippen LogP contribution in [0.2, 0.25) is 0 Å². The molecule has 136 valence electrons. The molecule has 0 saturated carbocycles. The number of piperazine rings is 1. The summed E-state index contributed by atoms with van der Waals surface area (Å²) in [6, 6.07) is 0.624. The standard InChI is InChI=1S/C18H37N3O2/c1-7-16(15(2)3)19-9-8-10-20-11-13-21(14-12-20)17(22)23-18(4,5)6/h15-16,19H,7-14H2,1-6H3. The Morgan fingerprint density at radius 3 is 2.26 bits per heavy atom. The number of carbonyl (C=O) groups is 1. The maximum Gasteiger partial charge on any atom is 0.410 e. The van der Waals surface area contributed by atoms with Crippen LogP contribution >= 0.6 is 0 Å². The molecule has 1 aliphatic heterocycles. The van der Waals surface area contributed by atoms with Crippen LogP contribution < -0.4 is 5.32 Å². The molecule has 1 unspecified atom stereocenters. The van der Waals surface area contributed by atoms with Gasteiger partial charge < -0.3 is 15.0 Å². The lowest BCUT2D eigenvalue weighted by Crippen LogP contribution is -2.50. The molecule has 1 saturated heterocycles. The first kappa shape index (κ1) is 20.2. The van der Waals surface area contributed by atoms with Gasteiger partial charge in [0.25, 0.3) is 0 Å². The SMILES string of the molecule is CCC(NCCCN1CCN(C(=O)OC(C)(C)C)CC1)C(C)C. The molecule has 0 bridgehead atoms. The Kier molecular flexibility index (Phi) is 8.34. The predicted octanol–water partition coefficient (Wildman–Crippen LogP) is 2.95. The molecule has 0 aromatic rings. The van der Waals surface area contributed by atoms with E-state index in [-0.39, 0.29) is 6.09 Å². The number of nitrogens with one attached hydrogen (secondary N) is 1. The lowest BCUT2D eigenvalue weighted by atomic mass is 10.0. The molecule has 0 aromatic carbocycles. The summed E-state index contributed by atoms with van der Waals surface area (Å²) in [5, 5.41) is 3.65. The highest BCUT2D eigenvalue weighted by Gasteiger charge is 2.25. The summed E-state index contributed by atoms with van der Waals surface area (Å²) in [5.41, 5.74) is -0.411. The highest BCUT2D eigenvalue weighted by molar-refractivity contribution is 5.68. The van der Waals surface area contributed by atoms with E-state index < -0.39 is 5.60 Å². The average molecular weight is 328 g/mol. The van der Waals surface area contributed by atoms with Gasteiger partial charge in [-0.25, -0.2) is 4.79 Å². The van der Waals surface area contributed by atoms with Crippen LogP contribution in [0, 0.1) is 5.92 Å². The highest BCUT2D eigenvalue weighted by Crippen LogP contribution is 2.12. The fourth-order valence-electron chi connectivity index (χ4n) is 2.92. The zero-order chi connectivity index (χ0) is 17.5. The van der Waals surface area contributed by atoms with Crippen LogP contribution in [0.15, 0.2) is 0 Å². The fourth-order valence-corrected chi connectivity index (χ4v) is 2.92. The maximum absolute atomic E-state index is 12.0. The molecule has 0 spiro atoms. The van der Waals surface area contributed by atoms with E-state index in [9.17, 15) is 4.79 Å². The quantitative estimate of drug-likeness (QED) is 0.730. The molecule has 1 rings (SSSR count). The van der Waals surface area contributed by atoms with Crippen LogP contribution in [-0.4, -0.2) is 66.8 Å². The first-order valence-corrected chi connectivity index (χ1v) is 9.16. The average Bonchev–Trinajstić information content (AvgIpc) is 2.45. The van der Waals surface area contributed by atoms with Crippen molar-refractivity contribution in [1.29, 1.82) is 0 Å². The Morgan fingerprint density at radius 1 is 1.17 bits per heavy atom. The molecule has 1 atom stereocenters. The molecule has 5 heteroatoms. The number of carbonyl (C=O) groups excluding carboxylic acids is 1. The Morgan fingerprint density at radius 2 is 1.78 bits per heavy atom. The largest absolute Gasteiger partial charge is 0.444 e. The van der Waals surface area contributed by atoms with Gasteiger partial charge in [-0.2, -0.15) is 0 Å². The maximum atomic E-state index is 12.0. The number of hydrogen-bond acceptors (Lipinski definition) is 4. The van der Waals surface area contributed by atoms with Gasteiger partial charge in [-0.1, -0.05) is 20.8 Å². The van der Waals surface area contributed by atoms with Crippen molar-refractivity contribution >= 4 is 6.09 Å². The van der Waals surface area contributed by atoms with E-state index in [2.05, 4.69) is 31.0 Å². The van der Waals surface area contributed by atoms with Crippen LogP contribution in [0.5, 0.6) is 0 Å². The summed E-state index contributed by atoms with van der Waals surface area (Å²) in [6.07, 6.45) is 2.17. The number of nitrogens with zero attached hydrogens (tertiary/aromatic N) is 2. The molecular formula is C18H37N3O2. The normalized spacial score (nSPS) is 18.3. The van der Waals surface area contributed by atoms with Crippen molar-refractivity contribution in [2.24, 2.45) is 5.92 Å². The summed E-state index contributed by atoms with van der Waals surface area (Å²) in [5.74, 6) is 0.692. The van der Waals surface area contributed by atoms with Gasteiger partial charge in [-0.15, -0.1) is 0 Å². The smallest absolute Gasteiger partial charge is 0.410 e. The third-order valence-corrected chi connectivity index (χ3v) is 4.33. The zero-order valence-corrected chi connectivity index (χ0v) is 16.0. The molecule has 1 amide bonds. The van der Waals surface area contributed by atoms with Crippen molar-refractivity contribution in [3.8, 4) is 0 Å².